The third-order valence-corrected chi connectivity index (χ3v) is 1.30. The lowest BCUT2D eigenvalue weighted by atomic mass is 10.1. The Bertz CT molecular complexity index is 321. The number of terminal acetylenes is 2. The summed E-state index contributed by atoms with van der Waals surface area (Å²) in [6.45, 7) is 0. The van der Waals surface area contributed by atoms with E-state index >= 15 is 0 Å². The summed E-state index contributed by atoms with van der Waals surface area (Å²) in [5, 5.41) is 0. The molecule has 1 rings (SSSR count). The average Bonchev–Trinajstić information content (AvgIpc) is 2.06. The van der Waals surface area contributed by atoms with E-state index in [1.54, 1.807) is 6.42 Å². The van der Waals surface area contributed by atoms with E-state index in [-0.39, 0.29) is 0 Å². The molecule has 0 N–H and O–H groups in total. The fourth-order valence-electron chi connectivity index (χ4n) is 0.814. The number of benzene rings is 1. The molecule has 0 bridgehead atoms. The molecule has 1 aromatic rings. The van der Waals surface area contributed by atoms with E-state index in [4.69, 9.17) is 12.8 Å². The molecule has 0 unspecified atom stereocenters. The van der Waals surface area contributed by atoms with Gasteiger partial charge < -0.3 is 0 Å². The summed E-state index contributed by atoms with van der Waals surface area (Å²) in [7, 11) is 0. The van der Waals surface area contributed by atoms with Crippen LogP contribution in [0.15, 0.2) is 24.3 Å². The highest BCUT2D eigenvalue weighted by atomic mass is 13.9. The van der Waals surface area contributed by atoms with Crippen molar-refractivity contribution in [3.63, 3.8) is 0 Å². The van der Waals surface area contributed by atoms with Gasteiger partial charge in [-0.1, -0.05) is 24.0 Å². The van der Waals surface area contributed by atoms with Crippen LogP contribution in [0.3, 0.4) is 0 Å². The Hall–Kier alpha value is -1.66. The Kier molecular flexibility index (Phi) is 2.37. The zero-order valence-corrected chi connectivity index (χ0v) is 6.04. The molecule has 0 aliphatic rings. The first-order valence-electron chi connectivity index (χ1n) is 3.23. The zero-order chi connectivity index (χ0) is 8.10. The maximum Gasteiger partial charge on any atom is 0.0628 e. The van der Waals surface area contributed by atoms with Gasteiger partial charge in [0.2, 0.25) is 0 Å². The molecule has 51 valence electrons. The first kappa shape index (κ1) is 7.45. The summed E-state index contributed by atoms with van der Waals surface area (Å²) in [5.41, 5.74) is 1.83. The molecule has 11 heavy (non-hydrogen) atoms. The molecule has 0 nitrogen and oxygen atoms in total. The Morgan fingerprint density at radius 1 is 1.27 bits per heavy atom. The van der Waals surface area contributed by atoms with Gasteiger partial charge in [0.25, 0.3) is 0 Å². The number of hydrogen-bond donors (Lipinski definition) is 0. The minimum Gasteiger partial charge on any atom is -0.119 e. The molecular formula is C11H7. The van der Waals surface area contributed by atoms with E-state index in [0.717, 1.165) is 11.1 Å². The summed E-state index contributed by atoms with van der Waals surface area (Å²) in [5.74, 6) is 4.98. The fraction of sp³-hybridized carbons (Fsp3) is 0. The van der Waals surface area contributed by atoms with Crippen LogP contribution < -0.4 is 0 Å². The van der Waals surface area contributed by atoms with Gasteiger partial charge in [0.05, 0.1) is 6.42 Å². The maximum absolute atomic E-state index is 5.20. The van der Waals surface area contributed by atoms with Gasteiger partial charge in [0.1, 0.15) is 0 Å². The van der Waals surface area contributed by atoms with Gasteiger partial charge >= 0.3 is 0 Å². The first-order chi connectivity index (χ1) is 5.36. The van der Waals surface area contributed by atoms with Crippen molar-refractivity contribution in [3.8, 4) is 24.7 Å². The van der Waals surface area contributed by atoms with Crippen molar-refractivity contribution in [3.05, 3.63) is 41.8 Å². The average molecular weight is 139 g/mol. The molecule has 1 aromatic carbocycles. The molecule has 0 amide bonds. The topological polar surface area (TPSA) is 0 Å². The summed E-state index contributed by atoms with van der Waals surface area (Å²) >= 11 is 0. The van der Waals surface area contributed by atoms with Crippen molar-refractivity contribution in [1.82, 2.24) is 0 Å². The molecule has 0 spiro atoms. The lowest BCUT2D eigenvalue weighted by Crippen LogP contribution is -1.79. The zero-order valence-electron chi connectivity index (χ0n) is 6.04. The minimum atomic E-state index is 0.856. The lowest BCUT2D eigenvalue weighted by Gasteiger charge is -1.94. The third kappa shape index (κ3) is 1.88. The first-order valence-corrected chi connectivity index (χ1v) is 3.23. The third-order valence-electron chi connectivity index (χ3n) is 1.30. The summed E-state index contributed by atoms with van der Waals surface area (Å²) in [4.78, 5) is 0. The quantitative estimate of drug-likeness (QED) is 0.521. The second kappa shape index (κ2) is 3.49. The van der Waals surface area contributed by atoms with Gasteiger partial charge in [-0.3, -0.25) is 0 Å². The molecular weight excluding hydrogens is 132 g/mol. The molecule has 0 heterocycles. The highest BCUT2D eigenvalue weighted by Crippen LogP contribution is 2.04. The minimum absolute atomic E-state index is 0.856. The van der Waals surface area contributed by atoms with E-state index in [2.05, 4.69) is 11.8 Å². The molecule has 0 saturated heterocycles. The Morgan fingerprint density at radius 2 is 2.09 bits per heavy atom. The van der Waals surface area contributed by atoms with E-state index in [0.29, 0.717) is 0 Å². The highest BCUT2D eigenvalue weighted by molar-refractivity contribution is 5.40. The van der Waals surface area contributed by atoms with Crippen LogP contribution in [-0.2, 0) is 0 Å². The van der Waals surface area contributed by atoms with Crippen molar-refractivity contribution in [2.45, 2.75) is 0 Å². The van der Waals surface area contributed by atoms with Crippen molar-refractivity contribution in [2.24, 2.45) is 0 Å². The SMILES string of the molecule is C#C[CH]c1cccc(C#C)c1. The van der Waals surface area contributed by atoms with Gasteiger partial charge in [-0.15, -0.1) is 12.8 Å². The summed E-state index contributed by atoms with van der Waals surface area (Å²) in [6.07, 6.45) is 12.0. The Morgan fingerprint density at radius 3 is 2.73 bits per heavy atom. The van der Waals surface area contributed by atoms with E-state index in [1.807, 2.05) is 24.3 Å². The highest BCUT2D eigenvalue weighted by Gasteiger charge is 1.90. The van der Waals surface area contributed by atoms with Gasteiger partial charge in [0, 0.05) is 5.56 Å². The monoisotopic (exact) mass is 139 g/mol. The Balaban J connectivity index is 2.96. The second-order valence-electron chi connectivity index (χ2n) is 2.08. The van der Waals surface area contributed by atoms with E-state index < -0.39 is 0 Å². The standard InChI is InChI=1S/C11H7/c1-3-6-11-8-5-7-10(4-2)9-11/h1-2,5-9H. The summed E-state index contributed by atoms with van der Waals surface area (Å²) < 4.78 is 0. The summed E-state index contributed by atoms with van der Waals surface area (Å²) in [6, 6.07) is 7.55. The predicted octanol–water partition coefficient (Wildman–Crippen LogP) is 1.85. The molecule has 0 fully saturated rings. The molecule has 0 aliphatic heterocycles. The van der Waals surface area contributed by atoms with E-state index in [1.165, 1.54) is 0 Å². The maximum atomic E-state index is 5.20. The van der Waals surface area contributed by atoms with Crippen LogP contribution in [0.5, 0.6) is 0 Å². The predicted molar refractivity (Wildman–Crippen MR) is 46.6 cm³/mol. The van der Waals surface area contributed by atoms with Gasteiger partial charge in [-0.2, -0.15) is 0 Å². The largest absolute Gasteiger partial charge is 0.119 e. The smallest absolute Gasteiger partial charge is 0.0628 e. The van der Waals surface area contributed by atoms with Crippen molar-refractivity contribution >= 4 is 0 Å². The van der Waals surface area contributed by atoms with Crippen LogP contribution in [0.25, 0.3) is 0 Å². The molecule has 1 radical (unpaired) electrons. The number of rotatable bonds is 1. The van der Waals surface area contributed by atoms with Crippen LogP contribution in [0, 0.1) is 31.1 Å². The molecule has 0 aliphatic carbocycles. The van der Waals surface area contributed by atoms with Crippen LogP contribution in [-0.4, -0.2) is 0 Å². The van der Waals surface area contributed by atoms with E-state index in [9.17, 15) is 0 Å². The van der Waals surface area contributed by atoms with Gasteiger partial charge in [-0.25, -0.2) is 0 Å². The Labute approximate surface area is 67.3 Å². The fourth-order valence-corrected chi connectivity index (χ4v) is 0.814. The molecule has 0 heteroatoms. The van der Waals surface area contributed by atoms with Gasteiger partial charge in [-0.05, 0) is 17.7 Å². The van der Waals surface area contributed by atoms with Crippen LogP contribution in [0.4, 0.5) is 0 Å². The van der Waals surface area contributed by atoms with Crippen LogP contribution >= 0.6 is 0 Å². The molecule has 0 atom stereocenters. The van der Waals surface area contributed by atoms with Crippen LogP contribution in [0.1, 0.15) is 11.1 Å². The van der Waals surface area contributed by atoms with Crippen molar-refractivity contribution in [2.75, 3.05) is 0 Å². The molecule has 0 saturated carbocycles. The normalized spacial score (nSPS) is 8.18. The van der Waals surface area contributed by atoms with Crippen LogP contribution in [0.2, 0.25) is 0 Å². The second-order valence-corrected chi connectivity index (χ2v) is 2.08. The molecule has 0 aromatic heterocycles. The van der Waals surface area contributed by atoms with Gasteiger partial charge in [0.15, 0.2) is 0 Å². The lowest BCUT2D eigenvalue weighted by molar-refractivity contribution is 1.52. The van der Waals surface area contributed by atoms with Crippen molar-refractivity contribution < 1.29 is 0 Å². The van der Waals surface area contributed by atoms with Crippen molar-refractivity contribution in [1.29, 1.82) is 0 Å². The number of hydrogen-bond acceptors (Lipinski definition) is 0.